The predicted molar refractivity (Wildman–Crippen MR) is 74.5 cm³/mol. The van der Waals surface area contributed by atoms with Gasteiger partial charge in [-0.05, 0) is 62.1 Å². The maximum atomic E-state index is 5.63. The van der Waals surface area contributed by atoms with Crippen molar-refractivity contribution < 1.29 is 4.74 Å². The Bertz CT molecular complexity index is 423. The van der Waals surface area contributed by atoms with Crippen LogP contribution in [-0.2, 0) is 0 Å². The van der Waals surface area contributed by atoms with E-state index in [-0.39, 0.29) is 0 Å². The highest BCUT2D eigenvalue weighted by molar-refractivity contribution is 6.02. The molecule has 18 heavy (non-hydrogen) atoms. The molecule has 1 aliphatic rings. The van der Waals surface area contributed by atoms with Crippen molar-refractivity contribution >= 4 is 11.9 Å². The van der Waals surface area contributed by atoms with E-state index < -0.39 is 0 Å². The van der Waals surface area contributed by atoms with E-state index in [0.29, 0.717) is 0 Å². The quantitative estimate of drug-likeness (QED) is 0.782. The summed E-state index contributed by atoms with van der Waals surface area (Å²) in [6.07, 6.45) is 5.78. The van der Waals surface area contributed by atoms with Gasteiger partial charge >= 0.3 is 0 Å². The highest BCUT2D eigenvalue weighted by atomic mass is 16.5. The summed E-state index contributed by atoms with van der Waals surface area (Å²) in [5.74, 6) is 0.899. The molecule has 0 fully saturated rings. The zero-order valence-corrected chi connectivity index (χ0v) is 10.5. The zero-order chi connectivity index (χ0) is 12.6. The van der Waals surface area contributed by atoms with Crippen molar-refractivity contribution in [2.75, 3.05) is 13.2 Å². The summed E-state index contributed by atoms with van der Waals surface area (Å²) < 4.78 is 5.63. The third-order valence-corrected chi connectivity index (χ3v) is 2.83. The molecule has 0 spiro atoms. The van der Waals surface area contributed by atoms with Gasteiger partial charge in [0.05, 0.1) is 12.3 Å². The lowest BCUT2D eigenvalue weighted by molar-refractivity contribution is 0.308. The second-order valence-corrected chi connectivity index (χ2v) is 4.25. The summed E-state index contributed by atoms with van der Waals surface area (Å²) in [7, 11) is 0. The molecule has 1 aromatic rings. The Labute approximate surface area is 108 Å². The summed E-state index contributed by atoms with van der Waals surface area (Å²) >= 11 is 0. The monoisotopic (exact) mass is 245 g/mol. The van der Waals surface area contributed by atoms with E-state index in [1.165, 1.54) is 0 Å². The van der Waals surface area contributed by atoms with E-state index in [0.717, 1.165) is 55.9 Å². The van der Waals surface area contributed by atoms with Crippen molar-refractivity contribution in [1.29, 1.82) is 0 Å². The molecule has 2 rings (SSSR count). The summed E-state index contributed by atoms with van der Waals surface area (Å²) in [5.41, 5.74) is 7.60. The third kappa shape index (κ3) is 3.67. The number of ether oxygens (including phenoxy) is 1. The Kier molecular flexibility index (Phi) is 4.90. The molecule has 1 aliphatic heterocycles. The normalized spacial score (nSPS) is 14.4. The maximum Gasteiger partial charge on any atom is 0.119 e. The molecule has 0 saturated carbocycles. The highest BCUT2D eigenvalue weighted by Gasteiger charge is 2.06. The molecule has 96 valence electrons. The SMILES string of the molecule is NCCCCOc1ccc(C2=NN=CCC2)cc1. The van der Waals surface area contributed by atoms with Crippen molar-refractivity contribution in [2.24, 2.45) is 15.9 Å². The first-order valence-corrected chi connectivity index (χ1v) is 6.42. The molecule has 2 N–H and O–H groups in total. The second kappa shape index (κ2) is 6.91. The first-order valence-electron chi connectivity index (χ1n) is 6.42. The predicted octanol–water partition coefficient (Wildman–Crippen LogP) is 2.37. The van der Waals surface area contributed by atoms with Crippen LogP contribution in [-0.4, -0.2) is 25.1 Å². The Morgan fingerprint density at radius 1 is 1.17 bits per heavy atom. The molecule has 0 aromatic heterocycles. The molecular formula is C14H19N3O. The number of benzene rings is 1. The average molecular weight is 245 g/mol. The number of nitrogens with zero attached hydrogens (tertiary/aromatic N) is 2. The van der Waals surface area contributed by atoms with Crippen LogP contribution >= 0.6 is 0 Å². The van der Waals surface area contributed by atoms with Crippen LogP contribution in [0.2, 0.25) is 0 Å². The number of rotatable bonds is 6. The molecule has 0 bridgehead atoms. The molecule has 1 heterocycles. The van der Waals surface area contributed by atoms with Crippen molar-refractivity contribution in [2.45, 2.75) is 25.7 Å². The van der Waals surface area contributed by atoms with E-state index in [9.17, 15) is 0 Å². The van der Waals surface area contributed by atoms with E-state index in [2.05, 4.69) is 10.2 Å². The van der Waals surface area contributed by atoms with E-state index >= 15 is 0 Å². The fourth-order valence-electron chi connectivity index (χ4n) is 1.80. The zero-order valence-electron chi connectivity index (χ0n) is 10.5. The van der Waals surface area contributed by atoms with Gasteiger partial charge in [-0.2, -0.15) is 10.2 Å². The number of nitrogens with two attached hydrogens (primary N) is 1. The van der Waals surface area contributed by atoms with Gasteiger partial charge in [0.15, 0.2) is 0 Å². The van der Waals surface area contributed by atoms with E-state index in [1.807, 2.05) is 30.5 Å². The molecule has 0 radical (unpaired) electrons. The Balaban J connectivity index is 1.89. The van der Waals surface area contributed by atoms with Gasteiger partial charge in [0, 0.05) is 6.21 Å². The molecule has 0 amide bonds. The van der Waals surface area contributed by atoms with E-state index in [1.54, 1.807) is 0 Å². The van der Waals surface area contributed by atoms with Gasteiger partial charge < -0.3 is 10.5 Å². The first kappa shape index (κ1) is 12.8. The summed E-state index contributed by atoms with van der Waals surface area (Å²) in [6.45, 7) is 1.45. The third-order valence-electron chi connectivity index (χ3n) is 2.83. The first-order chi connectivity index (χ1) is 8.90. The van der Waals surface area contributed by atoms with E-state index in [4.69, 9.17) is 10.5 Å². The second-order valence-electron chi connectivity index (χ2n) is 4.25. The minimum Gasteiger partial charge on any atom is -0.494 e. The summed E-state index contributed by atoms with van der Waals surface area (Å²) in [5, 5.41) is 8.09. The van der Waals surface area contributed by atoms with Crippen LogP contribution in [0.25, 0.3) is 0 Å². The minimum absolute atomic E-state index is 0.724. The molecule has 1 aromatic carbocycles. The fourth-order valence-corrected chi connectivity index (χ4v) is 1.80. The average Bonchev–Trinajstić information content (AvgIpc) is 2.45. The Morgan fingerprint density at radius 3 is 2.67 bits per heavy atom. The van der Waals surface area contributed by atoms with Gasteiger partial charge in [-0.1, -0.05) is 0 Å². The molecule has 0 saturated heterocycles. The van der Waals surface area contributed by atoms with Crippen molar-refractivity contribution in [3.63, 3.8) is 0 Å². The maximum absolute atomic E-state index is 5.63. The Morgan fingerprint density at radius 2 is 2.00 bits per heavy atom. The van der Waals surface area contributed by atoms with Gasteiger partial charge in [-0.3, -0.25) is 0 Å². The topological polar surface area (TPSA) is 60.0 Å². The number of unbranched alkanes of at least 4 members (excludes halogenated alkanes) is 1. The molecule has 4 nitrogen and oxygen atoms in total. The van der Waals surface area contributed by atoms with Crippen LogP contribution < -0.4 is 10.5 Å². The van der Waals surface area contributed by atoms with Crippen LogP contribution in [0.3, 0.4) is 0 Å². The lowest BCUT2D eigenvalue weighted by Gasteiger charge is -2.09. The summed E-state index contributed by atoms with van der Waals surface area (Å²) in [4.78, 5) is 0. The van der Waals surface area contributed by atoms with Crippen LogP contribution in [0.15, 0.2) is 34.5 Å². The molecule has 0 unspecified atom stereocenters. The number of hydrogen-bond acceptors (Lipinski definition) is 4. The van der Waals surface area contributed by atoms with Gasteiger partial charge in [0.1, 0.15) is 5.75 Å². The highest BCUT2D eigenvalue weighted by Crippen LogP contribution is 2.16. The van der Waals surface area contributed by atoms with Gasteiger partial charge in [0.25, 0.3) is 0 Å². The Hall–Kier alpha value is -1.68. The number of hydrogen-bond donors (Lipinski definition) is 1. The fraction of sp³-hybridized carbons (Fsp3) is 0.429. The standard InChI is InChI=1S/C14H19N3O/c15-9-1-2-11-18-13-7-5-12(6-8-13)14-4-3-10-16-17-14/h5-8,10H,1-4,9,11,15H2. The van der Waals surface area contributed by atoms with Crippen molar-refractivity contribution in [1.82, 2.24) is 0 Å². The van der Waals surface area contributed by atoms with Crippen LogP contribution in [0.1, 0.15) is 31.2 Å². The molecule has 4 heteroatoms. The van der Waals surface area contributed by atoms with Crippen LogP contribution in [0.5, 0.6) is 5.75 Å². The minimum atomic E-state index is 0.724. The summed E-state index contributed by atoms with van der Waals surface area (Å²) in [6, 6.07) is 8.05. The van der Waals surface area contributed by atoms with Crippen molar-refractivity contribution in [3.8, 4) is 5.75 Å². The van der Waals surface area contributed by atoms with Gasteiger partial charge in [-0.25, -0.2) is 0 Å². The van der Waals surface area contributed by atoms with Gasteiger partial charge in [0.2, 0.25) is 0 Å². The largest absolute Gasteiger partial charge is 0.494 e. The lowest BCUT2D eigenvalue weighted by atomic mass is 10.1. The molecular weight excluding hydrogens is 226 g/mol. The van der Waals surface area contributed by atoms with Crippen molar-refractivity contribution in [3.05, 3.63) is 29.8 Å². The molecule has 0 atom stereocenters. The smallest absolute Gasteiger partial charge is 0.119 e. The van der Waals surface area contributed by atoms with Crippen LogP contribution in [0, 0.1) is 0 Å². The lowest BCUT2D eigenvalue weighted by Crippen LogP contribution is -2.05. The van der Waals surface area contributed by atoms with Gasteiger partial charge in [-0.15, -0.1) is 0 Å². The molecule has 0 aliphatic carbocycles. The van der Waals surface area contributed by atoms with Crippen LogP contribution in [0.4, 0.5) is 0 Å².